The summed E-state index contributed by atoms with van der Waals surface area (Å²) in [6.45, 7) is 3.84. The quantitative estimate of drug-likeness (QED) is 0.563. The van der Waals surface area contributed by atoms with E-state index in [2.05, 4.69) is 73.0 Å². The van der Waals surface area contributed by atoms with E-state index >= 15 is 0 Å². The second kappa shape index (κ2) is 7.81. The minimum absolute atomic E-state index is 0.375. The summed E-state index contributed by atoms with van der Waals surface area (Å²) in [7, 11) is 0. The molecule has 2 aromatic rings. The van der Waals surface area contributed by atoms with Crippen molar-refractivity contribution in [3.63, 3.8) is 0 Å². The molecule has 2 rings (SSSR count). The Bertz CT molecular complexity index is 536. The number of hydrogen-bond acceptors (Lipinski definition) is 0. The molecule has 0 saturated heterocycles. The fourth-order valence-corrected chi connectivity index (χ4v) is 3.78. The van der Waals surface area contributed by atoms with E-state index in [1.165, 1.54) is 20.9 Å². The molecule has 0 fully saturated rings. The van der Waals surface area contributed by atoms with Crippen molar-refractivity contribution in [2.45, 2.75) is 19.3 Å². The standard InChI is InChI=1S/C18H18Se/c1-2-17(19-18-13-7-4-8-14-18)15-9-12-16-10-5-3-6-11-16/h3-8,10-11,13-14H,1,9,12,15H2. The molecular weight excluding hydrogens is 295 g/mol. The van der Waals surface area contributed by atoms with Gasteiger partial charge in [-0.15, -0.1) is 0 Å². The number of benzene rings is 2. The molecule has 0 heterocycles. The van der Waals surface area contributed by atoms with Gasteiger partial charge in [-0.3, -0.25) is 0 Å². The van der Waals surface area contributed by atoms with Crippen LogP contribution in [0.4, 0.5) is 0 Å². The van der Waals surface area contributed by atoms with Gasteiger partial charge < -0.3 is 0 Å². The van der Waals surface area contributed by atoms with Crippen LogP contribution in [0, 0.1) is 0 Å². The van der Waals surface area contributed by atoms with Gasteiger partial charge in [0, 0.05) is 0 Å². The van der Waals surface area contributed by atoms with Crippen molar-refractivity contribution in [2.24, 2.45) is 0 Å². The van der Waals surface area contributed by atoms with Crippen LogP contribution in [-0.2, 0) is 6.42 Å². The van der Waals surface area contributed by atoms with Crippen molar-refractivity contribution < 1.29 is 0 Å². The van der Waals surface area contributed by atoms with Crippen LogP contribution in [-0.4, -0.2) is 15.0 Å². The zero-order valence-electron chi connectivity index (χ0n) is 11.0. The van der Waals surface area contributed by atoms with E-state index in [1.807, 2.05) is 0 Å². The number of hydrogen-bond donors (Lipinski definition) is 0. The molecule has 0 aliphatic rings. The number of allylic oxidation sites excluding steroid dienone is 1. The average Bonchev–Trinajstić information content (AvgIpc) is 2.48. The summed E-state index contributed by atoms with van der Waals surface area (Å²) in [5.41, 5.74) is 4.55. The Morgan fingerprint density at radius 1 is 0.947 bits per heavy atom. The molecule has 0 aliphatic carbocycles. The second-order valence-electron chi connectivity index (χ2n) is 4.35. The Balaban J connectivity index is 1.82. The molecule has 0 atom stereocenters. The summed E-state index contributed by atoms with van der Waals surface area (Å²) in [6.07, 6.45) is 3.42. The molecule has 0 saturated carbocycles. The monoisotopic (exact) mass is 314 g/mol. The molecule has 0 nitrogen and oxygen atoms in total. The molecule has 0 aliphatic heterocycles. The first-order valence-corrected chi connectivity index (χ1v) is 8.25. The molecular formula is C18H18Se. The summed E-state index contributed by atoms with van der Waals surface area (Å²) in [6, 6.07) is 21.3. The van der Waals surface area contributed by atoms with Crippen LogP contribution in [0.5, 0.6) is 0 Å². The van der Waals surface area contributed by atoms with E-state index < -0.39 is 0 Å². The van der Waals surface area contributed by atoms with Gasteiger partial charge in [0.25, 0.3) is 0 Å². The Hall–Kier alpha value is -1.52. The molecule has 96 valence electrons. The molecule has 0 N–H and O–H groups in total. The summed E-state index contributed by atoms with van der Waals surface area (Å²) in [4.78, 5) is 0. The Labute approximate surface area is 122 Å². The van der Waals surface area contributed by atoms with Gasteiger partial charge in [0.1, 0.15) is 0 Å². The van der Waals surface area contributed by atoms with Gasteiger partial charge in [-0.1, -0.05) is 0 Å². The summed E-state index contributed by atoms with van der Waals surface area (Å²) < 4.78 is 2.77. The Morgan fingerprint density at radius 3 is 2.21 bits per heavy atom. The molecule has 0 unspecified atom stereocenters. The van der Waals surface area contributed by atoms with E-state index in [1.54, 1.807) is 0 Å². The second-order valence-corrected chi connectivity index (χ2v) is 6.81. The van der Waals surface area contributed by atoms with Crippen molar-refractivity contribution in [1.82, 2.24) is 0 Å². The van der Waals surface area contributed by atoms with Crippen LogP contribution in [0.3, 0.4) is 0 Å². The predicted molar refractivity (Wildman–Crippen MR) is 83.9 cm³/mol. The topological polar surface area (TPSA) is 0 Å². The molecule has 0 aromatic heterocycles. The average molecular weight is 313 g/mol. The van der Waals surface area contributed by atoms with Crippen LogP contribution in [0.15, 0.2) is 77.4 Å². The Kier molecular flexibility index (Phi) is 5.72. The third-order valence-corrected chi connectivity index (χ3v) is 5.21. The Morgan fingerprint density at radius 2 is 1.58 bits per heavy atom. The zero-order valence-corrected chi connectivity index (χ0v) is 12.7. The van der Waals surface area contributed by atoms with E-state index in [9.17, 15) is 0 Å². The summed E-state index contributed by atoms with van der Waals surface area (Å²) >= 11 is 0.375. The van der Waals surface area contributed by atoms with Crippen LogP contribution < -0.4 is 4.46 Å². The fraction of sp³-hybridized carbons (Fsp3) is 0.167. The number of rotatable bonds is 6. The van der Waals surface area contributed by atoms with Crippen molar-refractivity contribution >= 4 is 19.4 Å². The fourth-order valence-electron chi connectivity index (χ4n) is 1.90. The van der Waals surface area contributed by atoms with Gasteiger partial charge in [0.15, 0.2) is 0 Å². The van der Waals surface area contributed by atoms with Crippen molar-refractivity contribution in [2.75, 3.05) is 0 Å². The minimum atomic E-state index is 0.375. The van der Waals surface area contributed by atoms with Crippen LogP contribution >= 0.6 is 0 Å². The molecule has 19 heavy (non-hydrogen) atoms. The zero-order chi connectivity index (χ0) is 13.3. The third kappa shape index (κ3) is 4.93. The van der Waals surface area contributed by atoms with E-state index in [-0.39, 0.29) is 0 Å². The van der Waals surface area contributed by atoms with Gasteiger partial charge in [0.2, 0.25) is 0 Å². The van der Waals surface area contributed by atoms with Gasteiger partial charge in [0.05, 0.1) is 0 Å². The molecule has 0 bridgehead atoms. The molecule has 2 aromatic carbocycles. The van der Waals surface area contributed by atoms with Gasteiger partial charge in [-0.05, 0) is 0 Å². The van der Waals surface area contributed by atoms with Gasteiger partial charge >= 0.3 is 122 Å². The van der Waals surface area contributed by atoms with Crippen LogP contribution in [0.25, 0.3) is 0 Å². The van der Waals surface area contributed by atoms with Gasteiger partial charge in [-0.25, -0.2) is 0 Å². The van der Waals surface area contributed by atoms with Crippen LogP contribution in [0.1, 0.15) is 18.4 Å². The normalized spacial score (nSPS) is 9.89. The first-order valence-electron chi connectivity index (χ1n) is 6.54. The molecule has 0 amide bonds. The van der Waals surface area contributed by atoms with Crippen molar-refractivity contribution in [3.05, 3.63) is 83.0 Å². The van der Waals surface area contributed by atoms with E-state index in [0.717, 1.165) is 12.8 Å². The first kappa shape index (κ1) is 13.9. The van der Waals surface area contributed by atoms with Gasteiger partial charge in [-0.2, -0.15) is 0 Å². The SMILES string of the molecule is C=C=C(CCCc1ccccc1)[Se]c1ccccc1. The van der Waals surface area contributed by atoms with E-state index in [0.29, 0.717) is 15.0 Å². The summed E-state index contributed by atoms with van der Waals surface area (Å²) in [5, 5.41) is 0. The third-order valence-electron chi connectivity index (χ3n) is 2.89. The number of aryl methyl sites for hydroxylation is 1. The summed E-state index contributed by atoms with van der Waals surface area (Å²) in [5.74, 6) is 0. The van der Waals surface area contributed by atoms with Crippen LogP contribution in [0.2, 0.25) is 0 Å². The maximum absolute atomic E-state index is 3.84. The molecule has 0 spiro atoms. The van der Waals surface area contributed by atoms with Crippen molar-refractivity contribution in [3.8, 4) is 0 Å². The van der Waals surface area contributed by atoms with E-state index in [4.69, 9.17) is 0 Å². The molecule has 1 heteroatoms. The first-order chi connectivity index (χ1) is 9.38. The van der Waals surface area contributed by atoms with Crippen molar-refractivity contribution in [1.29, 1.82) is 0 Å². The predicted octanol–water partition coefficient (Wildman–Crippen LogP) is 3.71. The maximum atomic E-state index is 3.84. The molecule has 0 radical (unpaired) electrons.